The van der Waals surface area contributed by atoms with Crippen molar-refractivity contribution in [3.8, 4) is 0 Å². The van der Waals surface area contributed by atoms with Crippen LogP contribution in [0.5, 0.6) is 0 Å². The molecule has 1 saturated heterocycles. The summed E-state index contributed by atoms with van der Waals surface area (Å²) in [6, 6.07) is 8.99. The number of amides is 2. The Balaban J connectivity index is 2.22. The van der Waals surface area contributed by atoms with Crippen LogP contribution >= 0.6 is 0 Å². The molecular formula is C16H22N2O2. The summed E-state index contributed by atoms with van der Waals surface area (Å²) in [5, 5.41) is 0. The van der Waals surface area contributed by atoms with Crippen LogP contribution in [0.15, 0.2) is 30.3 Å². The highest BCUT2D eigenvalue weighted by Crippen LogP contribution is 2.20. The van der Waals surface area contributed by atoms with E-state index in [0.717, 1.165) is 31.6 Å². The number of carbonyl (C=O) groups excluding carboxylic acids is 2. The SMILES string of the molecule is CCC(=O)N(c1ccccc1)C(C)C(=O)N1CCCC1. The van der Waals surface area contributed by atoms with Gasteiger partial charge in [0.2, 0.25) is 11.8 Å². The Labute approximate surface area is 120 Å². The third-order valence-corrected chi connectivity index (χ3v) is 3.77. The lowest BCUT2D eigenvalue weighted by atomic mass is 10.2. The van der Waals surface area contributed by atoms with Gasteiger partial charge in [-0.25, -0.2) is 0 Å². The van der Waals surface area contributed by atoms with Crippen LogP contribution in [0.25, 0.3) is 0 Å². The molecule has 1 atom stereocenters. The minimum atomic E-state index is -0.442. The van der Waals surface area contributed by atoms with E-state index in [1.54, 1.807) is 4.90 Å². The second-order valence-electron chi connectivity index (χ2n) is 5.16. The highest BCUT2D eigenvalue weighted by molar-refractivity contribution is 6.00. The molecule has 1 aliphatic heterocycles. The predicted molar refractivity (Wildman–Crippen MR) is 79.5 cm³/mol. The molecule has 0 N–H and O–H groups in total. The fraction of sp³-hybridized carbons (Fsp3) is 0.500. The van der Waals surface area contributed by atoms with Gasteiger partial charge in [0.25, 0.3) is 0 Å². The minimum Gasteiger partial charge on any atom is -0.341 e. The average molecular weight is 274 g/mol. The Morgan fingerprint density at radius 2 is 1.80 bits per heavy atom. The Kier molecular flexibility index (Phi) is 4.77. The van der Waals surface area contributed by atoms with Gasteiger partial charge in [-0.1, -0.05) is 25.1 Å². The highest BCUT2D eigenvalue weighted by Gasteiger charge is 2.30. The molecule has 0 aliphatic carbocycles. The first kappa shape index (κ1) is 14.6. The third kappa shape index (κ3) is 3.00. The van der Waals surface area contributed by atoms with Crippen molar-refractivity contribution in [1.82, 2.24) is 4.90 Å². The van der Waals surface area contributed by atoms with Crippen molar-refractivity contribution in [2.45, 2.75) is 39.2 Å². The van der Waals surface area contributed by atoms with E-state index in [1.165, 1.54) is 0 Å². The van der Waals surface area contributed by atoms with Gasteiger partial charge in [0.1, 0.15) is 6.04 Å². The zero-order valence-electron chi connectivity index (χ0n) is 12.2. The first-order valence-electron chi connectivity index (χ1n) is 7.31. The maximum atomic E-state index is 12.5. The molecule has 0 bridgehead atoms. The van der Waals surface area contributed by atoms with Crippen molar-refractivity contribution in [2.24, 2.45) is 0 Å². The van der Waals surface area contributed by atoms with Gasteiger partial charge in [-0.2, -0.15) is 0 Å². The van der Waals surface area contributed by atoms with Crippen LogP contribution in [0, 0.1) is 0 Å². The van der Waals surface area contributed by atoms with E-state index >= 15 is 0 Å². The Hall–Kier alpha value is -1.84. The summed E-state index contributed by atoms with van der Waals surface area (Å²) in [7, 11) is 0. The lowest BCUT2D eigenvalue weighted by Crippen LogP contribution is -2.49. The topological polar surface area (TPSA) is 40.6 Å². The standard InChI is InChI=1S/C16H22N2O2/c1-3-15(19)18(14-9-5-4-6-10-14)13(2)16(20)17-11-7-8-12-17/h4-6,9-10,13H,3,7-8,11-12H2,1-2H3. The third-order valence-electron chi connectivity index (χ3n) is 3.77. The molecular weight excluding hydrogens is 252 g/mol. The molecule has 1 aliphatic rings. The van der Waals surface area contributed by atoms with Crippen molar-refractivity contribution in [3.63, 3.8) is 0 Å². The van der Waals surface area contributed by atoms with Crippen LogP contribution in [-0.4, -0.2) is 35.8 Å². The van der Waals surface area contributed by atoms with Crippen LogP contribution in [0.3, 0.4) is 0 Å². The predicted octanol–water partition coefficient (Wildman–Crippen LogP) is 2.44. The van der Waals surface area contributed by atoms with Crippen LogP contribution in [-0.2, 0) is 9.59 Å². The van der Waals surface area contributed by atoms with Gasteiger partial charge < -0.3 is 9.80 Å². The molecule has 0 radical (unpaired) electrons. The molecule has 1 aromatic rings. The van der Waals surface area contributed by atoms with Crippen molar-refractivity contribution in [3.05, 3.63) is 30.3 Å². The molecule has 1 aromatic carbocycles. The fourth-order valence-electron chi connectivity index (χ4n) is 2.65. The maximum Gasteiger partial charge on any atom is 0.245 e. The van der Waals surface area contributed by atoms with Crippen LogP contribution in [0.2, 0.25) is 0 Å². The molecule has 0 spiro atoms. The molecule has 1 heterocycles. The molecule has 2 rings (SSSR count). The molecule has 108 valence electrons. The Bertz CT molecular complexity index is 467. The molecule has 2 amide bonds. The number of hydrogen-bond acceptors (Lipinski definition) is 2. The number of anilines is 1. The van der Waals surface area contributed by atoms with Gasteiger partial charge in [0.15, 0.2) is 0 Å². The zero-order valence-corrected chi connectivity index (χ0v) is 12.2. The summed E-state index contributed by atoms with van der Waals surface area (Å²) in [4.78, 5) is 28.2. The largest absolute Gasteiger partial charge is 0.341 e. The van der Waals surface area contributed by atoms with Gasteiger partial charge in [-0.15, -0.1) is 0 Å². The number of para-hydroxylation sites is 1. The summed E-state index contributed by atoms with van der Waals surface area (Å²) in [6.07, 6.45) is 2.52. The summed E-state index contributed by atoms with van der Waals surface area (Å²) >= 11 is 0. The number of likely N-dealkylation sites (tertiary alicyclic amines) is 1. The van der Waals surface area contributed by atoms with E-state index in [4.69, 9.17) is 0 Å². The van der Waals surface area contributed by atoms with Gasteiger partial charge in [0, 0.05) is 25.2 Å². The minimum absolute atomic E-state index is 0.0174. The van der Waals surface area contributed by atoms with E-state index in [1.807, 2.05) is 49.1 Å². The molecule has 4 nitrogen and oxygen atoms in total. The first-order chi connectivity index (χ1) is 9.65. The lowest BCUT2D eigenvalue weighted by molar-refractivity contribution is -0.133. The molecule has 20 heavy (non-hydrogen) atoms. The van der Waals surface area contributed by atoms with E-state index in [-0.39, 0.29) is 11.8 Å². The fourth-order valence-corrected chi connectivity index (χ4v) is 2.65. The van der Waals surface area contributed by atoms with Gasteiger partial charge in [-0.3, -0.25) is 9.59 Å². The second kappa shape index (κ2) is 6.55. The normalized spacial score (nSPS) is 16.0. The summed E-state index contributed by atoms with van der Waals surface area (Å²) < 4.78 is 0. The van der Waals surface area contributed by atoms with Crippen LogP contribution < -0.4 is 4.90 Å². The summed E-state index contributed by atoms with van der Waals surface area (Å²) in [5.74, 6) is 0.0319. The number of nitrogens with zero attached hydrogens (tertiary/aromatic N) is 2. The number of carbonyl (C=O) groups is 2. The first-order valence-corrected chi connectivity index (χ1v) is 7.31. The molecule has 0 aromatic heterocycles. The molecule has 1 fully saturated rings. The van der Waals surface area contributed by atoms with Crippen LogP contribution in [0.4, 0.5) is 5.69 Å². The van der Waals surface area contributed by atoms with E-state index in [9.17, 15) is 9.59 Å². The van der Waals surface area contributed by atoms with Crippen molar-refractivity contribution < 1.29 is 9.59 Å². The van der Waals surface area contributed by atoms with E-state index < -0.39 is 6.04 Å². The monoisotopic (exact) mass is 274 g/mol. The second-order valence-corrected chi connectivity index (χ2v) is 5.16. The Morgan fingerprint density at radius 3 is 2.35 bits per heavy atom. The van der Waals surface area contributed by atoms with Crippen molar-refractivity contribution in [1.29, 1.82) is 0 Å². The van der Waals surface area contributed by atoms with Gasteiger partial charge in [-0.05, 0) is 31.9 Å². The zero-order chi connectivity index (χ0) is 14.5. The highest BCUT2D eigenvalue weighted by atomic mass is 16.2. The van der Waals surface area contributed by atoms with E-state index in [2.05, 4.69) is 0 Å². The smallest absolute Gasteiger partial charge is 0.245 e. The van der Waals surface area contributed by atoms with E-state index in [0.29, 0.717) is 6.42 Å². The molecule has 1 unspecified atom stereocenters. The average Bonchev–Trinajstić information content (AvgIpc) is 3.01. The van der Waals surface area contributed by atoms with Gasteiger partial charge in [0.05, 0.1) is 0 Å². The number of hydrogen-bond donors (Lipinski definition) is 0. The van der Waals surface area contributed by atoms with Crippen LogP contribution in [0.1, 0.15) is 33.1 Å². The lowest BCUT2D eigenvalue weighted by Gasteiger charge is -2.31. The number of rotatable bonds is 4. The van der Waals surface area contributed by atoms with Gasteiger partial charge >= 0.3 is 0 Å². The molecule has 0 saturated carbocycles. The summed E-state index contributed by atoms with van der Waals surface area (Å²) in [5.41, 5.74) is 0.791. The maximum absolute atomic E-state index is 12.5. The summed E-state index contributed by atoms with van der Waals surface area (Å²) in [6.45, 7) is 5.27. The Morgan fingerprint density at radius 1 is 1.20 bits per heavy atom. The quantitative estimate of drug-likeness (QED) is 0.846. The van der Waals surface area contributed by atoms with Crippen molar-refractivity contribution >= 4 is 17.5 Å². The number of benzene rings is 1. The molecule has 4 heteroatoms. The van der Waals surface area contributed by atoms with Crippen molar-refractivity contribution in [2.75, 3.05) is 18.0 Å².